The van der Waals surface area contributed by atoms with Crippen molar-refractivity contribution in [2.24, 2.45) is 5.16 Å². The maximum atomic E-state index is 13.3. The lowest BCUT2D eigenvalue weighted by molar-refractivity contribution is -0.689. The van der Waals surface area contributed by atoms with E-state index in [9.17, 15) is 49.0 Å². The lowest BCUT2D eigenvalue weighted by Gasteiger charge is -2.49. The second kappa shape index (κ2) is 16.3. The molecule has 5 heterocycles. The van der Waals surface area contributed by atoms with E-state index in [-0.39, 0.29) is 53.6 Å². The number of hydrogen-bond acceptors (Lipinski definition) is 19. The topological polar surface area (TPSA) is 339 Å². The number of hydrogen-bond donors (Lipinski definition) is 8. The van der Waals surface area contributed by atoms with E-state index in [1.165, 1.54) is 31.9 Å². The molecule has 0 radical (unpaired) electrons. The summed E-state index contributed by atoms with van der Waals surface area (Å²) >= 11 is 1.94. The van der Waals surface area contributed by atoms with Gasteiger partial charge in [0, 0.05) is 36.5 Å². The van der Waals surface area contributed by atoms with Gasteiger partial charge in [0.05, 0.1) is 0 Å². The third-order valence-electron chi connectivity index (χ3n) is 7.86. The molecule has 0 bridgehead atoms. The van der Waals surface area contributed by atoms with Gasteiger partial charge in [0.25, 0.3) is 29.9 Å². The monoisotopic (exact) mass is 801 g/mol. The average Bonchev–Trinajstić information content (AvgIpc) is 3.56. The summed E-state index contributed by atoms with van der Waals surface area (Å²) in [6, 6.07) is -1.18. The summed E-state index contributed by atoms with van der Waals surface area (Å²) in [5.41, 5.74) is 9.30. The number of allylic oxidation sites excluding steroid dienone is 3. The molecule has 0 aliphatic carbocycles. The number of thioether (sulfide) groups is 1. The Kier molecular flexibility index (Phi) is 11.8. The number of carboxylic acids is 2. The first-order chi connectivity index (χ1) is 26.0. The van der Waals surface area contributed by atoms with Crippen LogP contribution in [0.15, 0.2) is 52.9 Å². The number of aromatic nitrogens is 4. The fraction of sp³-hybridized carbons (Fsp3) is 0.333. The highest BCUT2D eigenvalue weighted by Gasteiger charge is 2.54. The quantitative estimate of drug-likeness (QED) is 0.0225. The number of hydroxylamine groups is 2. The summed E-state index contributed by atoms with van der Waals surface area (Å²) in [6.45, 7) is 2.16. The molecule has 10 N–H and O–H groups in total. The number of anilines is 3. The molecule has 55 heavy (non-hydrogen) atoms. The van der Waals surface area contributed by atoms with Crippen LogP contribution in [-0.4, -0.2) is 129 Å². The number of carbonyl (C=O) groups excluding carboxylic acids is 5. The third kappa shape index (κ3) is 8.85. The van der Waals surface area contributed by atoms with Crippen molar-refractivity contribution in [1.29, 1.82) is 0 Å². The van der Waals surface area contributed by atoms with Crippen molar-refractivity contribution in [3.8, 4) is 0 Å². The van der Waals surface area contributed by atoms with Crippen LogP contribution in [-0.2, 0) is 44.9 Å². The van der Waals surface area contributed by atoms with Crippen LogP contribution in [0.3, 0.4) is 0 Å². The second-order valence-electron chi connectivity index (χ2n) is 12.2. The Balaban J connectivity index is 1.20. The molecule has 0 saturated carbocycles. The molecule has 2 aromatic heterocycles. The Morgan fingerprint density at radius 1 is 1.18 bits per heavy atom. The van der Waals surface area contributed by atoms with Crippen molar-refractivity contribution in [1.82, 2.24) is 34.9 Å². The lowest BCUT2D eigenvalue weighted by Crippen LogP contribution is -2.71. The summed E-state index contributed by atoms with van der Waals surface area (Å²) < 4.78 is 5.54. The van der Waals surface area contributed by atoms with Crippen LogP contribution in [0.2, 0.25) is 0 Å². The van der Waals surface area contributed by atoms with Gasteiger partial charge in [0.1, 0.15) is 47.8 Å². The van der Waals surface area contributed by atoms with E-state index in [1.807, 2.05) is 0 Å². The van der Waals surface area contributed by atoms with Gasteiger partial charge in [-0.05, 0) is 30.5 Å². The highest BCUT2D eigenvalue weighted by atomic mass is 32.2. The van der Waals surface area contributed by atoms with E-state index in [0.29, 0.717) is 16.3 Å². The first-order valence-corrected chi connectivity index (χ1v) is 17.7. The first-order valence-electron chi connectivity index (χ1n) is 15.9. The van der Waals surface area contributed by atoms with Crippen molar-refractivity contribution in [2.75, 3.05) is 42.2 Å². The SMILES string of the molecule is CC(C)(O/N=C(\C(=O)N[C@@H]1C(=O)N2C(C(=O)O)=C(/C=C/C[n+]3cnc(N)c(NCCNC(=O)C4=CC(=O)C(=O)CN4O)c3)CS[C@H]12)c1nsc(N)n1)C(=O)O. The number of aliphatic carboxylic acids is 2. The van der Waals surface area contributed by atoms with Crippen LogP contribution in [0.1, 0.15) is 19.7 Å². The molecule has 0 unspecified atom stereocenters. The average molecular weight is 802 g/mol. The summed E-state index contributed by atoms with van der Waals surface area (Å²) in [5.74, 6) is -6.94. The van der Waals surface area contributed by atoms with Crippen LogP contribution in [0.25, 0.3) is 0 Å². The van der Waals surface area contributed by atoms with E-state index in [1.54, 1.807) is 22.9 Å². The van der Waals surface area contributed by atoms with Crippen LogP contribution in [0.5, 0.6) is 0 Å². The summed E-state index contributed by atoms with van der Waals surface area (Å²) in [7, 11) is 0. The van der Waals surface area contributed by atoms with Gasteiger partial charge in [-0.25, -0.2) is 19.2 Å². The molecule has 0 spiro atoms. The number of amides is 3. The number of fused-ring (bicyclic) bond motifs is 1. The molecule has 290 valence electrons. The van der Waals surface area contributed by atoms with E-state index >= 15 is 0 Å². The number of nitrogen functional groups attached to an aromatic ring is 2. The summed E-state index contributed by atoms with van der Waals surface area (Å²) in [5, 5.41) is 40.4. The predicted molar refractivity (Wildman–Crippen MR) is 189 cm³/mol. The van der Waals surface area contributed by atoms with Crippen LogP contribution in [0, 0.1) is 0 Å². The predicted octanol–water partition coefficient (Wildman–Crippen LogP) is -2.78. The Hall–Kier alpha value is -6.47. The number of carboxylic acid groups (broad SMARTS) is 2. The Bertz CT molecular complexity index is 2100. The van der Waals surface area contributed by atoms with Gasteiger partial charge < -0.3 is 42.5 Å². The summed E-state index contributed by atoms with van der Waals surface area (Å²) in [4.78, 5) is 99.8. The van der Waals surface area contributed by atoms with Crippen molar-refractivity contribution >= 4 is 86.9 Å². The highest BCUT2D eigenvalue weighted by molar-refractivity contribution is 8.00. The molecule has 5 rings (SSSR count). The van der Waals surface area contributed by atoms with Crippen LogP contribution < -0.4 is 32.0 Å². The van der Waals surface area contributed by atoms with Gasteiger partial charge in [-0.1, -0.05) is 11.2 Å². The number of nitrogens with two attached hydrogens (primary N) is 2. The van der Waals surface area contributed by atoms with Crippen molar-refractivity contribution < 1.29 is 58.4 Å². The van der Waals surface area contributed by atoms with E-state index in [2.05, 4.69) is 35.4 Å². The van der Waals surface area contributed by atoms with E-state index in [4.69, 9.17) is 16.3 Å². The van der Waals surface area contributed by atoms with Crippen molar-refractivity contribution in [2.45, 2.75) is 37.4 Å². The maximum absolute atomic E-state index is 13.3. The van der Waals surface area contributed by atoms with Crippen molar-refractivity contribution in [3.05, 3.63) is 53.5 Å². The maximum Gasteiger partial charge on any atom is 0.352 e. The number of nitrogens with zero attached hydrogens (tertiary/aromatic N) is 7. The molecule has 3 aliphatic rings. The van der Waals surface area contributed by atoms with Gasteiger partial charge in [0.15, 0.2) is 5.13 Å². The minimum atomic E-state index is -1.84. The third-order valence-corrected chi connectivity index (χ3v) is 9.70. The summed E-state index contributed by atoms with van der Waals surface area (Å²) in [6.07, 6.45) is 6.99. The molecule has 2 atom stereocenters. The molecule has 23 nitrogen and oxygen atoms in total. The zero-order chi connectivity index (χ0) is 40.2. The van der Waals surface area contributed by atoms with Gasteiger partial charge in [-0.15, -0.1) is 11.8 Å². The molecule has 25 heteroatoms. The number of oxime groups is 1. The highest BCUT2D eigenvalue weighted by Crippen LogP contribution is 2.40. The fourth-order valence-corrected chi connectivity index (χ4v) is 6.70. The zero-order valence-electron chi connectivity index (χ0n) is 28.8. The second-order valence-corrected chi connectivity index (χ2v) is 14.1. The van der Waals surface area contributed by atoms with E-state index in [0.717, 1.165) is 22.5 Å². The van der Waals surface area contributed by atoms with Gasteiger partial charge in [0.2, 0.25) is 28.7 Å². The molecule has 2 aromatic rings. The molecule has 1 fully saturated rings. The Labute approximate surface area is 317 Å². The van der Waals surface area contributed by atoms with Gasteiger partial charge in [-0.3, -0.25) is 34.1 Å². The minimum Gasteiger partial charge on any atom is -0.478 e. The normalized spacial score (nSPS) is 18.8. The first kappa shape index (κ1) is 39.7. The number of β-lactam (4-membered cyclic amide) rings is 1. The molecular weight excluding hydrogens is 769 g/mol. The van der Waals surface area contributed by atoms with Gasteiger partial charge >= 0.3 is 11.9 Å². The molecule has 3 aliphatic heterocycles. The van der Waals surface area contributed by atoms with Crippen LogP contribution in [0.4, 0.5) is 16.6 Å². The fourth-order valence-electron chi connectivity index (χ4n) is 4.94. The number of rotatable bonds is 15. The standard InChI is InChI=1S/C30H32N12O11S2/c1-30(2,28(50)51)53-38-18(22-37-29(32)55-39-22)24(46)36-19-25(47)42-20(27(48)49)13(11-54-26(19)42)4-3-7-40-9-14(21(31)35-12-40)33-5-6-34-23(45)15-8-16(43)17(44)10-41(15)52/h3-4,8-9,12,19,26,31,33,52H,5-7,10-11H2,1-2H3,(H6,32,34,36,37,39,45,46,48,49,50,51)/p+1/b4-3+,38-18-/t19-,26-/m1/s1. The molecule has 0 aromatic carbocycles. The van der Waals surface area contributed by atoms with Crippen LogP contribution >= 0.6 is 23.3 Å². The lowest BCUT2D eigenvalue weighted by atomic mass is 10.0. The Morgan fingerprint density at radius 2 is 1.93 bits per heavy atom. The van der Waals surface area contributed by atoms with Gasteiger partial charge in [-0.2, -0.15) is 9.36 Å². The molecule has 3 amide bonds. The smallest absolute Gasteiger partial charge is 0.352 e. The molecular formula is C30H33N12O11S2+. The van der Waals surface area contributed by atoms with Crippen molar-refractivity contribution in [3.63, 3.8) is 0 Å². The largest absolute Gasteiger partial charge is 0.478 e. The Morgan fingerprint density at radius 3 is 2.60 bits per heavy atom. The number of nitrogens with one attached hydrogen (secondary N) is 3. The van der Waals surface area contributed by atoms with E-state index < -0.39 is 70.5 Å². The zero-order valence-corrected chi connectivity index (χ0v) is 30.4. The number of ketones is 2. The minimum absolute atomic E-state index is 0.0174. The number of Topliss-reactive ketones (excluding diaryl/α,β-unsaturated/α-hetero) is 1. The molecule has 1 saturated heterocycles. The number of carbonyl (C=O) groups is 7.